The summed E-state index contributed by atoms with van der Waals surface area (Å²) in [6, 6.07) is 0. The topological polar surface area (TPSA) is 69.9 Å². The number of nitrogens with zero attached hydrogens (tertiary/aromatic N) is 1. The molecule has 4 heteroatoms. The van der Waals surface area contributed by atoms with Gasteiger partial charge in [0.2, 0.25) is 0 Å². The number of carbonyl (C=O) groups is 1. The van der Waals surface area contributed by atoms with E-state index < -0.39 is 0 Å². The second kappa shape index (κ2) is 4.03. The summed E-state index contributed by atoms with van der Waals surface area (Å²) in [5, 5.41) is 19.0. The van der Waals surface area contributed by atoms with Gasteiger partial charge in [0.15, 0.2) is 5.78 Å². The van der Waals surface area contributed by atoms with Crippen molar-refractivity contribution in [2.45, 2.75) is 13.3 Å². The van der Waals surface area contributed by atoms with E-state index >= 15 is 0 Å². The van der Waals surface area contributed by atoms with Gasteiger partial charge in [-0.25, -0.2) is 0 Å². The molecule has 0 spiro atoms. The molecule has 2 N–H and O–H groups in total. The fraction of sp³-hybridized carbons (Fsp3) is 0.600. The highest BCUT2D eigenvalue weighted by Gasteiger charge is 2.03. The third-order valence-electron chi connectivity index (χ3n) is 0.876. The van der Waals surface area contributed by atoms with Gasteiger partial charge in [-0.1, -0.05) is 5.16 Å². The number of aliphatic hydroxyl groups excluding tert-OH is 1. The van der Waals surface area contributed by atoms with Crippen molar-refractivity contribution in [1.29, 1.82) is 0 Å². The van der Waals surface area contributed by atoms with Crippen LogP contribution in [0.3, 0.4) is 0 Å². The van der Waals surface area contributed by atoms with Crippen LogP contribution in [0.4, 0.5) is 0 Å². The van der Waals surface area contributed by atoms with E-state index in [1.165, 1.54) is 6.92 Å². The zero-order chi connectivity index (χ0) is 7.28. The van der Waals surface area contributed by atoms with E-state index in [-0.39, 0.29) is 24.5 Å². The first-order valence-electron chi connectivity index (χ1n) is 2.55. The molecule has 4 nitrogen and oxygen atoms in total. The van der Waals surface area contributed by atoms with Crippen molar-refractivity contribution in [3.8, 4) is 0 Å². The van der Waals surface area contributed by atoms with Crippen molar-refractivity contribution in [3.63, 3.8) is 0 Å². The van der Waals surface area contributed by atoms with Crippen LogP contribution in [0.2, 0.25) is 0 Å². The predicted molar refractivity (Wildman–Crippen MR) is 31.6 cm³/mol. The zero-order valence-corrected chi connectivity index (χ0v) is 5.16. The lowest BCUT2D eigenvalue weighted by molar-refractivity contribution is -0.111. The molecule has 0 radical (unpaired) electrons. The molecule has 0 atom stereocenters. The average Bonchev–Trinajstić information content (AvgIpc) is 1.82. The molecular weight excluding hydrogens is 122 g/mol. The quantitative estimate of drug-likeness (QED) is 0.316. The molecule has 0 amide bonds. The van der Waals surface area contributed by atoms with Gasteiger partial charge in [-0.05, 0) is 0 Å². The minimum Gasteiger partial charge on any atom is -0.411 e. The standard InChI is InChI=1S/C5H9NO3/c1-4(8)5(6-9)2-3-7/h7,9H,2-3H2,1H3. The summed E-state index contributed by atoms with van der Waals surface area (Å²) in [5.74, 6) is -0.313. The molecule has 0 saturated carbocycles. The molecule has 0 fully saturated rings. The molecule has 0 aromatic carbocycles. The second-order valence-electron chi connectivity index (χ2n) is 1.58. The van der Waals surface area contributed by atoms with E-state index in [2.05, 4.69) is 5.16 Å². The van der Waals surface area contributed by atoms with Crippen LogP contribution in [0.15, 0.2) is 5.16 Å². The van der Waals surface area contributed by atoms with Gasteiger partial charge in [-0.15, -0.1) is 0 Å². The summed E-state index contributed by atoms with van der Waals surface area (Å²) in [6.07, 6.45) is 0.117. The zero-order valence-electron chi connectivity index (χ0n) is 5.16. The minimum absolute atomic E-state index is 0.0116. The Morgan fingerprint density at radius 2 is 2.22 bits per heavy atom. The van der Waals surface area contributed by atoms with Crippen molar-refractivity contribution >= 4 is 11.5 Å². The Balaban J connectivity index is 3.85. The van der Waals surface area contributed by atoms with Crippen LogP contribution < -0.4 is 0 Å². The lowest BCUT2D eigenvalue weighted by atomic mass is 10.2. The number of hydrogen-bond donors (Lipinski definition) is 2. The lowest BCUT2D eigenvalue weighted by Crippen LogP contribution is -2.11. The summed E-state index contributed by atoms with van der Waals surface area (Å²) in [6.45, 7) is 1.11. The number of oxime groups is 1. The molecule has 0 saturated heterocycles. The third kappa shape index (κ3) is 2.81. The third-order valence-corrected chi connectivity index (χ3v) is 0.876. The Kier molecular flexibility index (Phi) is 3.62. The van der Waals surface area contributed by atoms with Crippen molar-refractivity contribution in [2.75, 3.05) is 6.61 Å². The van der Waals surface area contributed by atoms with Gasteiger partial charge in [0.1, 0.15) is 5.71 Å². The van der Waals surface area contributed by atoms with Crippen LogP contribution in [0, 0.1) is 0 Å². The normalized spacial score (nSPS) is 11.6. The molecule has 0 rings (SSSR count). The van der Waals surface area contributed by atoms with Gasteiger partial charge in [-0.3, -0.25) is 4.79 Å². The van der Waals surface area contributed by atoms with Crippen LogP contribution in [-0.4, -0.2) is 28.4 Å². The van der Waals surface area contributed by atoms with Gasteiger partial charge < -0.3 is 10.3 Å². The number of hydrogen-bond acceptors (Lipinski definition) is 4. The smallest absolute Gasteiger partial charge is 0.177 e. The van der Waals surface area contributed by atoms with E-state index in [0.717, 1.165) is 0 Å². The van der Waals surface area contributed by atoms with Crippen molar-refractivity contribution < 1.29 is 15.1 Å². The van der Waals surface area contributed by atoms with Crippen LogP contribution in [0.5, 0.6) is 0 Å². The predicted octanol–water partition coefficient (Wildman–Crippen LogP) is -0.212. The van der Waals surface area contributed by atoms with E-state index in [9.17, 15) is 4.79 Å². The molecule has 0 aliphatic rings. The van der Waals surface area contributed by atoms with Gasteiger partial charge in [-0.2, -0.15) is 0 Å². The fourth-order valence-corrected chi connectivity index (χ4v) is 0.402. The van der Waals surface area contributed by atoms with Gasteiger partial charge >= 0.3 is 0 Å². The summed E-state index contributed by atoms with van der Waals surface area (Å²) < 4.78 is 0. The van der Waals surface area contributed by atoms with E-state index in [1.807, 2.05) is 0 Å². The van der Waals surface area contributed by atoms with Crippen LogP contribution in [0.1, 0.15) is 13.3 Å². The summed E-state index contributed by atoms with van der Waals surface area (Å²) in [4.78, 5) is 10.4. The first kappa shape index (κ1) is 8.10. The van der Waals surface area contributed by atoms with Crippen molar-refractivity contribution in [1.82, 2.24) is 0 Å². The molecule has 0 heterocycles. The number of Topliss-reactive ketones (excluding diaryl/α,β-unsaturated/α-hetero) is 1. The van der Waals surface area contributed by atoms with E-state index in [4.69, 9.17) is 10.3 Å². The van der Waals surface area contributed by atoms with Crippen LogP contribution in [0.25, 0.3) is 0 Å². The highest BCUT2D eigenvalue weighted by Crippen LogP contribution is 1.85. The lowest BCUT2D eigenvalue weighted by Gasteiger charge is -1.92. The van der Waals surface area contributed by atoms with Crippen molar-refractivity contribution in [3.05, 3.63) is 0 Å². The number of aliphatic hydroxyl groups is 1. The number of rotatable bonds is 3. The van der Waals surface area contributed by atoms with Crippen LogP contribution in [-0.2, 0) is 4.79 Å². The highest BCUT2D eigenvalue weighted by molar-refractivity contribution is 6.38. The highest BCUT2D eigenvalue weighted by atomic mass is 16.4. The SMILES string of the molecule is CC(=O)C(CCO)=NO. The molecular formula is C5H9NO3. The molecule has 0 aliphatic carbocycles. The maximum absolute atomic E-state index is 10.4. The molecule has 52 valence electrons. The Morgan fingerprint density at radius 3 is 2.33 bits per heavy atom. The second-order valence-corrected chi connectivity index (χ2v) is 1.58. The maximum atomic E-state index is 10.4. The Hall–Kier alpha value is -0.900. The monoisotopic (exact) mass is 131 g/mol. The minimum atomic E-state index is -0.313. The molecule has 0 aromatic heterocycles. The average molecular weight is 131 g/mol. The molecule has 0 bridgehead atoms. The molecule has 9 heavy (non-hydrogen) atoms. The maximum Gasteiger partial charge on any atom is 0.177 e. The molecule has 0 aliphatic heterocycles. The number of ketones is 1. The summed E-state index contributed by atoms with van der Waals surface area (Å²) in [5.41, 5.74) is 0.0116. The molecule has 0 unspecified atom stereocenters. The van der Waals surface area contributed by atoms with Crippen molar-refractivity contribution in [2.24, 2.45) is 5.16 Å². The Labute approximate surface area is 52.8 Å². The Morgan fingerprint density at radius 1 is 1.67 bits per heavy atom. The first-order chi connectivity index (χ1) is 4.22. The first-order valence-corrected chi connectivity index (χ1v) is 2.55. The molecule has 0 aromatic rings. The van der Waals surface area contributed by atoms with Crippen LogP contribution >= 0.6 is 0 Å². The summed E-state index contributed by atoms with van der Waals surface area (Å²) in [7, 11) is 0. The fourth-order valence-electron chi connectivity index (χ4n) is 0.402. The van der Waals surface area contributed by atoms with E-state index in [1.54, 1.807) is 0 Å². The Bertz CT molecular complexity index is 130. The largest absolute Gasteiger partial charge is 0.411 e. The van der Waals surface area contributed by atoms with Gasteiger partial charge in [0.25, 0.3) is 0 Å². The van der Waals surface area contributed by atoms with Gasteiger partial charge in [0.05, 0.1) is 0 Å². The number of carbonyl (C=O) groups excluding carboxylic acids is 1. The van der Waals surface area contributed by atoms with Gasteiger partial charge in [0, 0.05) is 20.0 Å². The summed E-state index contributed by atoms with van der Waals surface area (Å²) >= 11 is 0. The van der Waals surface area contributed by atoms with E-state index in [0.29, 0.717) is 0 Å².